The summed E-state index contributed by atoms with van der Waals surface area (Å²) >= 11 is 0. The normalized spacial score (nSPS) is 11.6. The second-order valence-corrected chi connectivity index (χ2v) is 8.30. The van der Waals surface area contributed by atoms with Crippen LogP contribution in [0.5, 0.6) is 0 Å². The zero-order valence-corrected chi connectivity index (χ0v) is 19.1. The Balaban J connectivity index is 1.86. The molecule has 3 heteroatoms. The van der Waals surface area contributed by atoms with E-state index in [1.165, 1.54) is 83.5 Å². The molecule has 0 aliphatic carbocycles. The topological polar surface area (TPSA) is 41.5 Å². The number of carbonyl (C=O) groups is 1. The standard InChI is InChI=1S/C26H44N2O/c1-3-4-5-6-7-8-9-10-11-12-13-14-15-16-20-23-26(29)28-27-24(2)25-21-18-17-19-22-25/h17-19,21-22H,3-16,20,23H2,1-2H3,(H,28,29)/b27-24+. The SMILES string of the molecule is CCCCCCCCCCCCCCCCCC(=O)N/N=C(\C)c1ccccc1. The Bertz CT molecular complexity index is 539. The zero-order valence-electron chi connectivity index (χ0n) is 19.1. The van der Waals surface area contributed by atoms with Gasteiger partial charge in [0.25, 0.3) is 0 Å². The maximum absolute atomic E-state index is 11.9. The highest BCUT2D eigenvalue weighted by molar-refractivity contribution is 5.99. The third-order valence-electron chi connectivity index (χ3n) is 5.55. The summed E-state index contributed by atoms with van der Waals surface area (Å²) in [6.07, 6.45) is 20.7. The van der Waals surface area contributed by atoms with Gasteiger partial charge in [-0.1, -0.05) is 127 Å². The van der Waals surface area contributed by atoms with E-state index in [4.69, 9.17) is 0 Å². The minimum atomic E-state index is 0.0231. The second-order valence-electron chi connectivity index (χ2n) is 8.30. The van der Waals surface area contributed by atoms with Crippen molar-refractivity contribution in [3.05, 3.63) is 35.9 Å². The van der Waals surface area contributed by atoms with E-state index in [1.54, 1.807) is 0 Å². The monoisotopic (exact) mass is 400 g/mol. The Morgan fingerprint density at radius 3 is 1.66 bits per heavy atom. The molecule has 3 nitrogen and oxygen atoms in total. The van der Waals surface area contributed by atoms with Gasteiger partial charge in [0.2, 0.25) is 5.91 Å². The van der Waals surface area contributed by atoms with Crippen molar-refractivity contribution in [2.24, 2.45) is 5.10 Å². The molecule has 0 aromatic heterocycles. The van der Waals surface area contributed by atoms with Gasteiger partial charge in [-0.3, -0.25) is 4.79 Å². The smallest absolute Gasteiger partial charge is 0.240 e. The molecule has 0 bridgehead atoms. The third kappa shape index (κ3) is 14.9. The first-order valence-electron chi connectivity index (χ1n) is 12.1. The lowest BCUT2D eigenvalue weighted by Gasteiger charge is -2.04. The van der Waals surface area contributed by atoms with Crippen LogP contribution in [0.2, 0.25) is 0 Å². The maximum Gasteiger partial charge on any atom is 0.240 e. The zero-order chi connectivity index (χ0) is 21.0. The molecule has 29 heavy (non-hydrogen) atoms. The number of nitrogens with zero attached hydrogens (tertiary/aromatic N) is 1. The van der Waals surface area contributed by atoms with Crippen molar-refractivity contribution in [2.45, 2.75) is 117 Å². The number of hydrogen-bond donors (Lipinski definition) is 1. The molecule has 0 aliphatic heterocycles. The van der Waals surface area contributed by atoms with Crippen molar-refractivity contribution in [3.8, 4) is 0 Å². The molecular weight excluding hydrogens is 356 g/mol. The summed E-state index contributed by atoms with van der Waals surface area (Å²) in [7, 11) is 0. The Morgan fingerprint density at radius 1 is 0.724 bits per heavy atom. The van der Waals surface area contributed by atoms with Crippen LogP contribution in [-0.2, 0) is 4.79 Å². The molecule has 0 saturated heterocycles. The van der Waals surface area contributed by atoms with Crippen LogP contribution in [-0.4, -0.2) is 11.6 Å². The molecule has 0 aliphatic rings. The van der Waals surface area contributed by atoms with Gasteiger partial charge < -0.3 is 0 Å². The van der Waals surface area contributed by atoms with Crippen LogP contribution in [0, 0.1) is 0 Å². The molecule has 164 valence electrons. The van der Waals surface area contributed by atoms with Crippen LogP contribution in [0.4, 0.5) is 0 Å². The van der Waals surface area contributed by atoms with Crippen molar-refractivity contribution in [2.75, 3.05) is 0 Å². The molecule has 0 spiro atoms. The van der Waals surface area contributed by atoms with Gasteiger partial charge in [0.1, 0.15) is 0 Å². The molecule has 1 aromatic rings. The summed E-state index contributed by atoms with van der Waals surface area (Å²) < 4.78 is 0. The van der Waals surface area contributed by atoms with Crippen molar-refractivity contribution < 1.29 is 4.79 Å². The van der Waals surface area contributed by atoms with E-state index in [2.05, 4.69) is 17.5 Å². The molecule has 0 atom stereocenters. The molecule has 0 radical (unpaired) electrons. The fourth-order valence-electron chi connectivity index (χ4n) is 3.60. The van der Waals surface area contributed by atoms with Gasteiger partial charge in [-0.25, -0.2) is 5.43 Å². The average molecular weight is 401 g/mol. The van der Waals surface area contributed by atoms with Crippen LogP contribution in [0.15, 0.2) is 35.4 Å². The highest BCUT2D eigenvalue weighted by Crippen LogP contribution is 2.13. The number of carbonyl (C=O) groups excluding carboxylic acids is 1. The molecule has 0 fully saturated rings. The Kier molecular flexibility index (Phi) is 16.1. The third-order valence-corrected chi connectivity index (χ3v) is 5.55. The van der Waals surface area contributed by atoms with Gasteiger partial charge in [0.15, 0.2) is 0 Å². The first-order valence-corrected chi connectivity index (χ1v) is 12.1. The van der Waals surface area contributed by atoms with Gasteiger partial charge in [-0.05, 0) is 18.9 Å². The molecule has 1 amide bonds. The van der Waals surface area contributed by atoms with Crippen LogP contribution in [0.25, 0.3) is 0 Å². The van der Waals surface area contributed by atoms with Crippen LogP contribution >= 0.6 is 0 Å². The van der Waals surface area contributed by atoms with Gasteiger partial charge in [0.05, 0.1) is 5.71 Å². The summed E-state index contributed by atoms with van der Waals surface area (Å²) in [4.78, 5) is 11.9. The molecule has 1 N–H and O–H groups in total. The fourth-order valence-corrected chi connectivity index (χ4v) is 3.60. The number of unbranched alkanes of at least 4 members (excludes halogenated alkanes) is 14. The summed E-state index contributed by atoms with van der Waals surface area (Å²) in [5, 5.41) is 4.20. The van der Waals surface area contributed by atoms with Crippen molar-refractivity contribution in [3.63, 3.8) is 0 Å². The maximum atomic E-state index is 11.9. The van der Waals surface area contributed by atoms with Gasteiger partial charge >= 0.3 is 0 Å². The predicted octanol–water partition coefficient (Wildman–Crippen LogP) is 7.79. The van der Waals surface area contributed by atoms with Crippen LogP contribution in [0.3, 0.4) is 0 Å². The minimum absolute atomic E-state index is 0.0231. The van der Waals surface area contributed by atoms with Gasteiger partial charge in [-0.2, -0.15) is 5.10 Å². The number of nitrogens with one attached hydrogen (secondary N) is 1. The number of hydrazone groups is 1. The quantitative estimate of drug-likeness (QED) is 0.152. The van der Waals surface area contributed by atoms with Crippen LogP contribution < -0.4 is 5.43 Å². The van der Waals surface area contributed by atoms with E-state index in [0.29, 0.717) is 6.42 Å². The molecular formula is C26H44N2O. The lowest BCUT2D eigenvalue weighted by Crippen LogP contribution is -2.18. The van der Waals surface area contributed by atoms with Gasteiger partial charge in [0, 0.05) is 6.42 Å². The van der Waals surface area contributed by atoms with Crippen molar-refractivity contribution >= 4 is 11.6 Å². The molecule has 0 unspecified atom stereocenters. The van der Waals surface area contributed by atoms with Crippen molar-refractivity contribution in [1.29, 1.82) is 0 Å². The van der Waals surface area contributed by atoms with E-state index in [9.17, 15) is 4.79 Å². The fraction of sp³-hybridized carbons (Fsp3) is 0.692. The molecule has 0 saturated carbocycles. The van der Waals surface area contributed by atoms with E-state index in [-0.39, 0.29) is 5.91 Å². The largest absolute Gasteiger partial charge is 0.273 e. The summed E-state index contributed by atoms with van der Waals surface area (Å²) in [6.45, 7) is 4.20. The lowest BCUT2D eigenvalue weighted by atomic mass is 10.0. The average Bonchev–Trinajstić information content (AvgIpc) is 2.75. The number of rotatable bonds is 18. The Hall–Kier alpha value is -1.64. The lowest BCUT2D eigenvalue weighted by molar-refractivity contribution is -0.121. The predicted molar refractivity (Wildman–Crippen MR) is 126 cm³/mol. The molecule has 1 rings (SSSR count). The Morgan fingerprint density at radius 2 is 1.17 bits per heavy atom. The second kappa shape index (κ2) is 18.4. The highest BCUT2D eigenvalue weighted by atomic mass is 16.2. The first kappa shape index (κ1) is 25.4. The summed E-state index contributed by atoms with van der Waals surface area (Å²) in [5.74, 6) is 0.0231. The Labute approximate surface area is 179 Å². The number of amides is 1. The van der Waals surface area contributed by atoms with E-state index < -0.39 is 0 Å². The van der Waals surface area contributed by atoms with E-state index in [0.717, 1.165) is 24.1 Å². The summed E-state index contributed by atoms with van der Waals surface area (Å²) in [5.41, 5.74) is 4.56. The number of hydrogen-bond acceptors (Lipinski definition) is 2. The van der Waals surface area contributed by atoms with Gasteiger partial charge in [-0.15, -0.1) is 0 Å². The van der Waals surface area contributed by atoms with E-state index >= 15 is 0 Å². The molecule has 1 aromatic carbocycles. The van der Waals surface area contributed by atoms with E-state index in [1.807, 2.05) is 37.3 Å². The first-order chi connectivity index (χ1) is 14.2. The number of benzene rings is 1. The van der Waals surface area contributed by atoms with Crippen LogP contribution in [0.1, 0.15) is 122 Å². The summed E-state index contributed by atoms with van der Waals surface area (Å²) in [6, 6.07) is 9.93. The van der Waals surface area contributed by atoms with Crippen molar-refractivity contribution in [1.82, 2.24) is 5.43 Å². The minimum Gasteiger partial charge on any atom is -0.273 e. The molecule has 0 heterocycles. The highest BCUT2D eigenvalue weighted by Gasteiger charge is 2.01.